The molecule has 0 saturated carbocycles. The Morgan fingerprint density at radius 1 is 1.56 bits per heavy atom. The van der Waals surface area contributed by atoms with E-state index in [0.717, 1.165) is 6.07 Å². The highest BCUT2D eigenvalue weighted by atomic mass is 32.2. The third kappa shape index (κ3) is 4.91. The summed E-state index contributed by atoms with van der Waals surface area (Å²) in [5, 5.41) is 26.2. The van der Waals surface area contributed by atoms with Gasteiger partial charge in [0.25, 0.3) is 5.91 Å². The molecule has 1 heterocycles. The summed E-state index contributed by atoms with van der Waals surface area (Å²) < 4.78 is 32.2. The summed E-state index contributed by atoms with van der Waals surface area (Å²) in [5.74, 6) is -1.27. The van der Waals surface area contributed by atoms with Crippen molar-refractivity contribution >= 4 is 22.6 Å². The summed E-state index contributed by atoms with van der Waals surface area (Å²) in [5.41, 5.74) is 0.0542. The Balaban J connectivity index is 2.34. The molecule has 0 fully saturated rings. The number of aliphatic hydroxyl groups excluding tert-OH is 1. The van der Waals surface area contributed by atoms with Gasteiger partial charge in [0.1, 0.15) is 27.8 Å². The Morgan fingerprint density at radius 2 is 2.26 bits per heavy atom. The number of carbonyl (C=O) groups is 1. The Labute approximate surface area is 157 Å². The molecule has 0 spiro atoms. The maximum absolute atomic E-state index is 13.4. The fraction of sp³-hybridized carbons (Fsp3) is 0.294. The lowest BCUT2D eigenvalue weighted by molar-refractivity contribution is 0.101. The molecule has 2 aromatic rings. The van der Waals surface area contributed by atoms with Crippen LogP contribution in [0.3, 0.4) is 0 Å². The Kier molecular flexibility index (Phi) is 6.68. The van der Waals surface area contributed by atoms with Crippen LogP contribution in [-0.4, -0.2) is 32.5 Å². The largest absolute Gasteiger partial charge is 0.490 e. The molecule has 0 aliphatic heterocycles. The number of benzene rings is 1. The van der Waals surface area contributed by atoms with Crippen molar-refractivity contribution in [3.8, 4) is 11.8 Å². The monoisotopic (exact) mass is 394 g/mol. The van der Waals surface area contributed by atoms with Crippen LogP contribution in [0.4, 0.5) is 10.1 Å². The number of aliphatic hydroxyl groups is 1. The third-order valence-corrected chi connectivity index (χ3v) is 4.39. The van der Waals surface area contributed by atoms with Crippen LogP contribution < -0.4 is 15.2 Å². The minimum atomic E-state index is -1.90. The second kappa shape index (κ2) is 8.77. The molecule has 0 radical (unpaired) electrons. The van der Waals surface area contributed by atoms with Gasteiger partial charge in [0.05, 0.1) is 18.3 Å². The van der Waals surface area contributed by atoms with Gasteiger partial charge >= 0.3 is 0 Å². The van der Waals surface area contributed by atoms with Gasteiger partial charge in [-0.1, -0.05) is 0 Å². The molecule has 144 valence electrons. The van der Waals surface area contributed by atoms with E-state index in [-0.39, 0.29) is 34.2 Å². The standard InChI is InChI=1S/C17H19FN4O4S/c1-10(23)5-6-26-16-14(27(20)25)9-22(2)15(16)17(24)21-12-3-4-13(18)11(7-12)8-19/h3-4,7,9-10,23H,5-6,20H2,1-2H3,(H,21,24). The SMILES string of the molecule is CC(O)CCOc1c(S(N)=O)cn(C)c1C(=O)Nc1ccc(F)c(C#N)c1. The smallest absolute Gasteiger partial charge is 0.276 e. The number of nitriles is 1. The topological polar surface area (TPSA) is 130 Å². The van der Waals surface area contributed by atoms with Crippen molar-refractivity contribution in [3.63, 3.8) is 0 Å². The van der Waals surface area contributed by atoms with Crippen LogP contribution in [0.25, 0.3) is 0 Å². The highest BCUT2D eigenvalue weighted by molar-refractivity contribution is 7.82. The number of nitrogens with one attached hydrogen (secondary N) is 1. The fourth-order valence-corrected chi connectivity index (χ4v) is 2.93. The molecule has 8 nitrogen and oxygen atoms in total. The molecule has 1 aromatic heterocycles. The van der Waals surface area contributed by atoms with Crippen molar-refractivity contribution in [2.75, 3.05) is 11.9 Å². The predicted molar refractivity (Wildman–Crippen MR) is 96.9 cm³/mol. The van der Waals surface area contributed by atoms with Gasteiger partial charge < -0.3 is 19.7 Å². The lowest BCUT2D eigenvalue weighted by Crippen LogP contribution is -2.18. The highest BCUT2D eigenvalue weighted by Gasteiger charge is 2.24. The van der Waals surface area contributed by atoms with Gasteiger partial charge in [0.15, 0.2) is 11.4 Å². The van der Waals surface area contributed by atoms with E-state index in [1.807, 2.05) is 0 Å². The molecule has 1 amide bonds. The second-order valence-corrected chi connectivity index (χ2v) is 6.86. The van der Waals surface area contributed by atoms with E-state index in [4.69, 9.17) is 15.1 Å². The van der Waals surface area contributed by atoms with Gasteiger partial charge in [-0.15, -0.1) is 0 Å². The van der Waals surface area contributed by atoms with E-state index < -0.39 is 28.8 Å². The van der Waals surface area contributed by atoms with Gasteiger partial charge in [0, 0.05) is 25.4 Å². The van der Waals surface area contributed by atoms with Crippen LogP contribution in [-0.2, 0) is 18.0 Å². The van der Waals surface area contributed by atoms with Crippen molar-refractivity contribution in [2.45, 2.75) is 24.3 Å². The quantitative estimate of drug-likeness (QED) is 0.654. The molecule has 2 atom stereocenters. The van der Waals surface area contributed by atoms with Crippen LogP contribution in [0.2, 0.25) is 0 Å². The number of halogens is 1. The Morgan fingerprint density at radius 3 is 2.85 bits per heavy atom. The van der Waals surface area contributed by atoms with Gasteiger partial charge in [-0.2, -0.15) is 5.26 Å². The van der Waals surface area contributed by atoms with Gasteiger partial charge in [-0.25, -0.2) is 13.7 Å². The second-order valence-electron chi connectivity index (χ2n) is 5.83. The van der Waals surface area contributed by atoms with Crippen LogP contribution >= 0.6 is 0 Å². The summed E-state index contributed by atoms with van der Waals surface area (Å²) in [6.45, 7) is 1.67. The average Bonchev–Trinajstić information content (AvgIpc) is 2.93. The van der Waals surface area contributed by atoms with E-state index in [1.54, 1.807) is 20.0 Å². The highest BCUT2D eigenvalue weighted by Crippen LogP contribution is 2.29. The molecule has 0 saturated heterocycles. The zero-order valence-electron chi connectivity index (χ0n) is 14.7. The van der Waals surface area contributed by atoms with Crippen LogP contribution in [0.15, 0.2) is 29.3 Å². The normalized spacial score (nSPS) is 12.9. The zero-order chi connectivity index (χ0) is 20.1. The summed E-state index contributed by atoms with van der Waals surface area (Å²) in [4.78, 5) is 12.8. The molecule has 0 bridgehead atoms. The van der Waals surface area contributed by atoms with Crippen molar-refractivity contribution in [1.82, 2.24) is 4.57 Å². The zero-order valence-corrected chi connectivity index (χ0v) is 15.5. The lowest BCUT2D eigenvalue weighted by Gasteiger charge is -2.12. The van der Waals surface area contributed by atoms with Gasteiger partial charge in [0.2, 0.25) is 0 Å². The lowest BCUT2D eigenvalue weighted by atomic mass is 10.2. The third-order valence-electron chi connectivity index (χ3n) is 3.66. The molecule has 4 N–H and O–H groups in total. The first-order valence-electron chi connectivity index (χ1n) is 7.92. The number of hydrogen-bond donors (Lipinski definition) is 3. The van der Waals surface area contributed by atoms with E-state index in [2.05, 4.69) is 5.32 Å². The van der Waals surface area contributed by atoms with Crippen molar-refractivity contribution in [3.05, 3.63) is 41.5 Å². The van der Waals surface area contributed by atoms with E-state index >= 15 is 0 Å². The molecule has 27 heavy (non-hydrogen) atoms. The number of rotatable bonds is 7. The van der Waals surface area contributed by atoms with Gasteiger partial charge in [-0.3, -0.25) is 4.79 Å². The summed E-state index contributed by atoms with van der Waals surface area (Å²) in [7, 11) is -0.343. The summed E-state index contributed by atoms with van der Waals surface area (Å²) >= 11 is 0. The summed E-state index contributed by atoms with van der Waals surface area (Å²) in [6, 6.07) is 5.27. The maximum Gasteiger partial charge on any atom is 0.276 e. The summed E-state index contributed by atoms with van der Waals surface area (Å²) in [6.07, 6.45) is 1.10. The fourth-order valence-electron chi connectivity index (χ4n) is 2.33. The first kappa shape index (κ1) is 20.6. The van der Waals surface area contributed by atoms with E-state index in [0.29, 0.717) is 6.42 Å². The average molecular weight is 394 g/mol. The maximum atomic E-state index is 13.4. The van der Waals surface area contributed by atoms with Crippen molar-refractivity contribution in [2.24, 2.45) is 12.2 Å². The predicted octanol–water partition coefficient (Wildman–Crippen LogP) is 1.42. The molecule has 10 heteroatoms. The van der Waals surface area contributed by atoms with Crippen LogP contribution in [0.1, 0.15) is 29.4 Å². The van der Waals surface area contributed by atoms with E-state index in [9.17, 15) is 18.5 Å². The van der Waals surface area contributed by atoms with Crippen LogP contribution in [0.5, 0.6) is 5.75 Å². The first-order chi connectivity index (χ1) is 12.7. The van der Waals surface area contributed by atoms with E-state index in [1.165, 1.54) is 22.9 Å². The molecule has 2 unspecified atom stereocenters. The molecule has 0 aliphatic rings. The number of ether oxygens (including phenoxy) is 1. The number of nitrogens with zero attached hydrogens (tertiary/aromatic N) is 2. The van der Waals surface area contributed by atoms with Gasteiger partial charge in [-0.05, 0) is 25.1 Å². The minimum absolute atomic E-state index is 0.0408. The Hall–Kier alpha value is -2.74. The molecule has 0 aliphatic carbocycles. The van der Waals surface area contributed by atoms with Crippen molar-refractivity contribution in [1.29, 1.82) is 5.26 Å². The number of aryl methyl sites for hydroxylation is 1. The number of aromatic nitrogens is 1. The van der Waals surface area contributed by atoms with Crippen LogP contribution in [0, 0.1) is 17.1 Å². The number of hydrogen-bond acceptors (Lipinski definition) is 5. The molecular weight excluding hydrogens is 375 g/mol. The first-order valence-corrected chi connectivity index (χ1v) is 9.13. The number of nitrogens with two attached hydrogens (primary N) is 1. The number of amides is 1. The molecule has 1 aromatic carbocycles. The minimum Gasteiger partial charge on any atom is -0.490 e. The molecular formula is C17H19FN4O4S. The number of anilines is 1. The van der Waals surface area contributed by atoms with Crippen molar-refractivity contribution < 1.29 is 23.2 Å². The molecule has 2 rings (SSSR count). The Bertz CT molecular complexity index is 920. The number of carbonyl (C=O) groups excluding carboxylic acids is 1.